The molecule has 0 aliphatic rings. The van der Waals surface area contributed by atoms with E-state index in [4.69, 9.17) is 20.9 Å². The quantitative estimate of drug-likeness (QED) is 0.0448. The topological polar surface area (TPSA) is 134 Å². The van der Waals surface area contributed by atoms with E-state index in [9.17, 15) is 14.4 Å². The Labute approximate surface area is 290 Å². The van der Waals surface area contributed by atoms with Crippen LogP contribution in [0.15, 0.2) is 0 Å². The van der Waals surface area contributed by atoms with Crippen molar-refractivity contribution in [3.63, 3.8) is 0 Å². The van der Waals surface area contributed by atoms with Gasteiger partial charge in [0.15, 0.2) is 0 Å². The molecule has 47 heavy (non-hydrogen) atoms. The van der Waals surface area contributed by atoms with Gasteiger partial charge in [-0.15, -0.1) is 0 Å². The summed E-state index contributed by atoms with van der Waals surface area (Å²) in [6.07, 6.45) is 32.0. The van der Waals surface area contributed by atoms with Crippen molar-refractivity contribution in [2.24, 2.45) is 11.5 Å². The minimum Gasteiger partial charge on any atom is -0.466 e. The number of unbranched alkanes of at least 4 members (excludes halogenated alkanes) is 23. The fourth-order valence-corrected chi connectivity index (χ4v) is 5.85. The van der Waals surface area contributed by atoms with Gasteiger partial charge in [0, 0.05) is 6.42 Å². The van der Waals surface area contributed by atoms with Gasteiger partial charge in [-0.2, -0.15) is 0 Å². The molecule has 1 amide bonds. The van der Waals surface area contributed by atoms with E-state index in [1.807, 2.05) is 0 Å². The molecular weight excluding hydrogens is 590 g/mol. The van der Waals surface area contributed by atoms with Crippen LogP contribution < -0.4 is 16.8 Å². The second-order valence-electron chi connectivity index (χ2n) is 13.7. The monoisotopic (exact) mass is 668 g/mol. The maximum atomic E-state index is 12.9. The van der Waals surface area contributed by atoms with E-state index in [1.165, 1.54) is 116 Å². The van der Waals surface area contributed by atoms with E-state index in [2.05, 4.69) is 19.2 Å². The Morgan fingerprint density at radius 3 is 1.36 bits per heavy atom. The molecule has 0 bridgehead atoms. The van der Waals surface area contributed by atoms with Gasteiger partial charge in [0.25, 0.3) is 0 Å². The minimum atomic E-state index is -0.917. The van der Waals surface area contributed by atoms with E-state index >= 15 is 0 Å². The normalized spacial score (nSPS) is 12.5. The molecule has 0 saturated heterocycles. The maximum Gasteiger partial charge on any atom is 0.328 e. The number of hydrogen-bond acceptors (Lipinski definition) is 7. The van der Waals surface area contributed by atoms with Crippen molar-refractivity contribution in [2.75, 3.05) is 19.8 Å². The minimum absolute atomic E-state index is 0.0410. The number of carbonyl (C=O) groups excluding carboxylic acids is 3. The molecule has 0 aromatic rings. The van der Waals surface area contributed by atoms with Gasteiger partial charge < -0.3 is 26.3 Å². The number of nitrogens with one attached hydrogen (secondary N) is 1. The highest BCUT2D eigenvalue weighted by Gasteiger charge is 2.26. The number of esters is 2. The summed E-state index contributed by atoms with van der Waals surface area (Å²) in [6, 6.07) is -1.65. The summed E-state index contributed by atoms with van der Waals surface area (Å²) in [6.45, 7) is 5.75. The van der Waals surface area contributed by atoms with Gasteiger partial charge in [0.1, 0.15) is 6.04 Å². The zero-order valence-electron chi connectivity index (χ0n) is 31.0. The van der Waals surface area contributed by atoms with E-state index in [-0.39, 0.29) is 18.8 Å². The van der Waals surface area contributed by atoms with Gasteiger partial charge in [0.05, 0.1) is 19.3 Å². The number of carbonyl (C=O) groups is 3. The van der Waals surface area contributed by atoms with Crippen molar-refractivity contribution in [2.45, 2.75) is 212 Å². The third-order valence-electron chi connectivity index (χ3n) is 9.05. The van der Waals surface area contributed by atoms with Gasteiger partial charge in [-0.05, 0) is 38.6 Å². The van der Waals surface area contributed by atoms with E-state index in [0.29, 0.717) is 26.2 Å². The Hall–Kier alpha value is -1.67. The molecule has 278 valence electrons. The average Bonchev–Trinajstić information content (AvgIpc) is 3.07. The summed E-state index contributed by atoms with van der Waals surface area (Å²) in [5.41, 5.74) is 11.6. The van der Waals surface area contributed by atoms with Crippen LogP contribution in [-0.2, 0) is 23.9 Å². The molecule has 0 aliphatic heterocycles. The Morgan fingerprint density at radius 1 is 0.532 bits per heavy atom. The van der Waals surface area contributed by atoms with Crippen LogP contribution in [0.3, 0.4) is 0 Å². The van der Waals surface area contributed by atoms with E-state index in [1.54, 1.807) is 0 Å². The summed E-state index contributed by atoms with van der Waals surface area (Å²) < 4.78 is 11.0. The maximum absolute atomic E-state index is 12.9. The van der Waals surface area contributed by atoms with Gasteiger partial charge >= 0.3 is 11.9 Å². The first kappa shape index (κ1) is 45.3. The zero-order chi connectivity index (χ0) is 34.6. The van der Waals surface area contributed by atoms with Crippen LogP contribution in [-0.4, -0.2) is 49.7 Å². The van der Waals surface area contributed by atoms with Gasteiger partial charge in [-0.25, -0.2) is 4.79 Å². The lowest BCUT2D eigenvalue weighted by Crippen LogP contribution is -2.49. The van der Waals surface area contributed by atoms with Crippen LogP contribution in [0.25, 0.3) is 0 Å². The number of hydrogen-bond donors (Lipinski definition) is 3. The van der Waals surface area contributed by atoms with Crippen molar-refractivity contribution in [3.05, 3.63) is 0 Å². The molecule has 8 nitrogen and oxygen atoms in total. The van der Waals surface area contributed by atoms with Crippen LogP contribution in [0.5, 0.6) is 0 Å². The van der Waals surface area contributed by atoms with E-state index < -0.39 is 24.0 Å². The number of amides is 1. The highest BCUT2D eigenvalue weighted by Crippen LogP contribution is 2.14. The molecule has 0 unspecified atom stereocenters. The molecule has 8 heteroatoms. The Bertz CT molecular complexity index is 721. The first-order chi connectivity index (χ1) is 23.0. The standard InChI is InChI=1S/C39H77N3O5/c1-3-5-7-9-11-13-15-17-19-21-23-27-33-46-37(43)31-30-36(42-38(44)35(41)29-25-26-32-40)39(45)47-34-28-24-22-20-18-16-14-12-10-8-6-4-2/h35-36H,3-34,40-41H2,1-2H3,(H,42,44)/t35-,36-/m0/s1. The van der Waals surface area contributed by atoms with Crippen LogP contribution in [0.4, 0.5) is 0 Å². The lowest BCUT2D eigenvalue weighted by atomic mass is 10.1. The zero-order valence-corrected chi connectivity index (χ0v) is 31.0. The van der Waals surface area contributed by atoms with Crippen molar-refractivity contribution >= 4 is 17.8 Å². The summed E-state index contributed by atoms with van der Waals surface area (Å²) in [7, 11) is 0. The molecule has 0 radical (unpaired) electrons. The number of rotatable bonds is 36. The fraction of sp³-hybridized carbons (Fsp3) is 0.923. The Kier molecular flexibility index (Phi) is 34.4. The highest BCUT2D eigenvalue weighted by atomic mass is 16.5. The predicted octanol–water partition coefficient (Wildman–Crippen LogP) is 9.20. The summed E-state index contributed by atoms with van der Waals surface area (Å²) in [4.78, 5) is 38.0. The molecule has 0 heterocycles. The first-order valence-corrected chi connectivity index (χ1v) is 20.0. The summed E-state index contributed by atoms with van der Waals surface area (Å²) >= 11 is 0. The molecule has 0 aromatic carbocycles. The van der Waals surface area contributed by atoms with Crippen LogP contribution in [0.1, 0.15) is 200 Å². The van der Waals surface area contributed by atoms with Gasteiger partial charge in [-0.3, -0.25) is 9.59 Å². The highest BCUT2D eigenvalue weighted by molar-refractivity contribution is 5.87. The second kappa shape index (κ2) is 35.6. The third kappa shape index (κ3) is 31.4. The molecule has 0 saturated carbocycles. The lowest BCUT2D eigenvalue weighted by molar-refractivity contribution is -0.149. The van der Waals surface area contributed by atoms with Crippen LogP contribution >= 0.6 is 0 Å². The number of ether oxygens (including phenoxy) is 2. The van der Waals surface area contributed by atoms with E-state index in [0.717, 1.165) is 51.4 Å². The molecule has 0 fully saturated rings. The van der Waals surface area contributed by atoms with Crippen LogP contribution in [0.2, 0.25) is 0 Å². The molecule has 5 N–H and O–H groups in total. The molecule has 0 aliphatic carbocycles. The van der Waals surface area contributed by atoms with Crippen molar-refractivity contribution < 1.29 is 23.9 Å². The summed E-state index contributed by atoms with van der Waals surface area (Å²) in [5.74, 6) is -1.27. The molecule has 0 aromatic heterocycles. The first-order valence-electron chi connectivity index (χ1n) is 20.0. The van der Waals surface area contributed by atoms with Crippen molar-refractivity contribution in [1.29, 1.82) is 0 Å². The number of nitrogens with two attached hydrogens (primary N) is 2. The second-order valence-corrected chi connectivity index (χ2v) is 13.7. The molecule has 0 spiro atoms. The fourth-order valence-electron chi connectivity index (χ4n) is 5.85. The molecule has 2 atom stereocenters. The van der Waals surface area contributed by atoms with Crippen LogP contribution in [0, 0.1) is 0 Å². The Balaban J connectivity index is 4.27. The smallest absolute Gasteiger partial charge is 0.328 e. The van der Waals surface area contributed by atoms with Gasteiger partial charge in [-0.1, -0.05) is 162 Å². The largest absolute Gasteiger partial charge is 0.466 e. The van der Waals surface area contributed by atoms with Crippen molar-refractivity contribution in [1.82, 2.24) is 5.32 Å². The third-order valence-corrected chi connectivity index (χ3v) is 9.05. The SMILES string of the molecule is CCCCCCCCCCCCCCOC(=O)CC[C@H](NC(=O)[C@@H](N)CCCCN)C(=O)OCCCCCCCCCCCCCC. The average molecular weight is 668 g/mol. The summed E-state index contributed by atoms with van der Waals surface area (Å²) in [5, 5.41) is 2.74. The predicted molar refractivity (Wildman–Crippen MR) is 196 cm³/mol. The Morgan fingerprint density at radius 2 is 0.936 bits per heavy atom. The molecule has 0 rings (SSSR count). The molecular formula is C39H77N3O5. The lowest BCUT2D eigenvalue weighted by Gasteiger charge is -2.20. The van der Waals surface area contributed by atoms with Gasteiger partial charge in [0.2, 0.25) is 5.91 Å². The van der Waals surface area contributed by atoms with Crippen molar-refractivity contribution in [3.8, 4) is 0 Å².